The Morgan fingerprint density at radius 1 is 1.00 bits per heavy atom. The van der Waals surface area contributed by atoms with Crippen molar-refractivity contribution >= 4 is 12.4 Å². The summed E-state index contributed by atoms with van der Waals surface area (Å²) in [4.78, 5) is 0. The SMILES string of the molecule is Cl.[Cl-].[Fe+3].[O-2]. The van der Waals surface area contributed by atoms with Crippen molar-refractivity contribution in [3.8, 4) is 0 Å². The zero-order valence-corrected chi connectivity index (χ0v) is 4.22. The molecule has 0 saturated carbocycles. The topological polar surface area (TPSA) is 28.5 Å². The molecule has 0 fully saturated rings. The molecule has 0 spiro atoms. The standard InChI is InChI=1S/2ClH.Fe.O/h2*1H;;/q;;+3;-2/p-1. The van der Waals surface area contributed by atoms with Crippen LogP contribution in [0.3, 0.4) is 0 Å². The van der Waals surface area contributed by atoms with Crippen molar-refractivity contribution in [2.45, 2.75) is 0 Å². The minimum Gasteiger partial charge on any atom is -2.00 e. The van der Waals surface area contributed by atoms with Crippen LogP contribution in [0, 0.1) is 0 Å². The van der Waals surface area contributed by atoms with E-state index in [1.807, 2.05) is 0 Å². The third kappa shape index (κ3) is 11.6. The summed E-state index contributed by atoms with van der Waals surface area (Å²) in [6.45, 7) is 0. The molecule has 0 atom stereocenters. The van der Waals surface area contributed by atoms with Crippen LogP contribution < -0.4 is 12.4 Å². The Balaban J connectivity index is 0. The molecule has 4 heavy (non-hydrogen) atoms. The maximum absolute atomic E-state index is 0. The van der Waals surface area contributed by atoms with Crippen LogP contribution in [0.15, 0.2) is 0 Å². The molecule has 0 N–H and O–H groups in total. The van der Waals surface area contributed by atoms with E-state index in [9.17, 15) is 0 Å². The zero-order valence-electron chi connectivity index (χ0n) is 1.55. The molecule has 1 radical (unpaired) electrons. The first-order valence-corrected chi connectivity index (χ1v) is 0. The molecule has 0 saturated heterocycles. The molecule has 0 aromatic heterocycles. The number of hydrogen-bond acceptors (Lipinski definition) is 0. The second-order valence-electron chi connectivity index (χ2n) is 0. The molecule has 0 bridgehead atoms. The number of rotatable bonds is 0. The Hall–Kier alpha value is 1.06. The van der Waals surface area contributed by atoms with Crippen molar-refractivity contribution in [1.29, 1.82) is 0 Å². The van der Waals surface area contributed by atoms with Crippen molar-refractivity contribution in [1.82, 2.24) is 0 Å². The number of halogens is 2. The summed E-state index contributed by atoms with van der Waals surface area (Å²) in [6, 6.07) is 0. The van der Waals surface area contributed by atoms with Crippen molar-refractivity contribution < 1.29 is 35.0 Å². The third-order valence-corrected chi connectivity index (χ3v) is 0. The van der Waals surface area contributed by atoms with Crippen LogP contribution in [0.2, 0.25) is 0 Å². The second-order valence-corrected chi connectivity index (χ2v) is 0. The minimum atomic E-state index is 0. The Morgan fingerprint density at radius 2 is 1.00 bits per heavy atom. The fourth-order valence-corrected chi connectivity index (χ4v) is 0. The van der Waals surface area contributed by atoms with Gasteiger partial charge in [0.15, 0.2) is 0 Å². The van der Waals surface area contributed by atoms with Crippen molar-refractivity contribution in [2.24, 2.45) is 0 Å². The molecule has 29 valence electrons. The molecule has 0 aromatic rings. The van der Waals surface area contributed by atoms with E-state index in [0.717, 1.165) is 0 Å². The third-order valence-electron chi connectivity index (χ3n) is 0. The van der Waals surface area contributed by atoms with Gasteiger partial charge in [-0.25, -0.2) is 0 Å². The van der Waals surface area contributed by atoms with E-state index in [1.165, 1.54) is 0 Å². The van der Waals surface area contributed by atoms with Crippen LogP contribution in [-0.4, -0.2) is 0 Å². The van der Waals surface area contributed by atoms with E-state index in [-0.39, 0.29) is 47.4 Å². The van der Waals surface area contributed by atoms with E-state index in [4.69, 9.17) is 0 Å². The van der Waals surface area contributed by atoms with Gasteiger partial charge in [0.2, 0.25) is 0 Å². The van der Waals surface area contributed by atoms with Gasteiger partial charge >= 0.3 is 17.1 Å². The molecule has 4 heteroatoms. The summed E-state index contributed by atoms with van der Waals surface area (Å²) in [7, 11) is 0. The molecular formula is HCl2FeO. The van der Waals surface area contributed by atoms with E-state index < -0.39 is 0 Å². The molecule has 0 heterocycles. The van der Waals surface area contributed by atoms with Crippen LogP contribution in [0.25, 0.3) is 0 Å². The first kappa shape index (κ1) is 74.3. The largest absolute Gasteiger partial charge is 3.00 e. The van der Waals surface area contributed by atoms with Crippen LogP contribution in [0.4, 0.5) is 0 Å². The maximum atomic E-state index is 0. The Labute approximate surface area is 47.8 Å². The summed E-state index contributed by atoms with van der Waals surface area (Å²) in [6.07, 6.45) is 0. The molecule has 0 aliphatic rings. The van der Waals surface area contributed by atoms with Gasteiger partial charge in [-0.3, -0.25) is 0 Å². The Morgan fingerprint density at radius 3 is 1.00 bits per heavy atom. The van der Waals surface area contributed by atoms with Gasteiger partial charge in [-0.05, 0) is 0 Å². The molecule has 0 aliphatic heterocycles. The van der Waals surface area contributed by atoms with Gasteiger partial charge in [-0.15, -0.1) is 12.4 Å². The average Bonchev–Trinajstić information content (AvgIpc) is 0. The summed E-state index contributed by atoms with van der Waals surface area (Å²) in [5.41, 5.74) is 0. The molecule has 0 aliphatic carbocycles. The monoisotopic (exact) mass is 143 g/mol. The van der Waals surface area contributed by atoms with Gasteiger partial charge in [0.25, 0.3) is 0 Å². The first-order chi connectivity index (χ1) is 0. The average molecular weight is 144 g/mol. The van der Waals surface area contributed by atoms with E-state index in [0.29, 0.717) is 0 Å². The van der Waals surface area contributed by atoms with Gasteiger partial charge in [0.1, 0.15) is 0 Å². The first-order valence-electron chi connectivity index (χ1n) is 0. The summed E-state index contributed by atoms with van der Waals surface area (Å²) < 4.78 is 0. The van der Waals surface area contributed by atoms with Crippen molar-refractivity contribution in [3.63, 3.8) is 0 Å². The van der Waals surface area contributed by atoms with Gasteiger partial charge in [0.05, 0.1) is 0 Å². The summed E-state index contributed by atoms with van der Waals surface area (Å²) in [5, 5.41) is 0. The normalized spacial score (nSPS) is 0. The predicted molar refractivity (Wildman–Crippen MR) is 7.93 cm³/mol. The minimum absolute atomic E-state index is 0. The summed E-state index contributed by atoms with van der Waals surface area (Å²) in [5.74, 6) is 0. The molecular weight excluding hydrogens is 143 g/mol. The van der Waals surface area contributed by atoms with Gasteiger partial charge < -0.3 is 17.9 Å². The second kappa shape index (κ2) is 33.9. The van der Waals surface area contributed by atoms with E-state index in [1.54, 1.807) is 0 Å². The maximum Gasteiger partial charge on any atom is 3.00 e. The van der Waals surface area contributed by atoms with Crippen LogP contribution in [0.5, 0.6) is 0 Å². The van der Waals surface area contributed by atoms with E-state index >= 15 is 0 Å². The van der Waals surface area contributed by atoms with Gasteiger partial charge in [-0.2, -0.15) is 0 Å². The number of hydrogen-bond donors (Lipinski definition) is 0. The Bertz CT molecular complexity index is 6.00. The van der Waals surface area contributed by atoms with Crippen molar-refractivity contribution in [2.75, 3.05) is 0 Å². The van der Waals surface area contributed by atoms with Crippen LogP contribution in [0.1, 0.15) is 0 Å². The molecule has 0 rings (SSSR count). The molecule has 0 unspecified atom stereocenters. The fraction of sp³-hybridized carbons (Fsp3) is 0. The molecule has 1 nitrogen and oxygen atoms in total. The molecule has 0 amide bonds. The fourth-order valence-electron chi connectivity index (χ4n) is 0. The quantitative estimate of drug-likeness (QED) is 0.331. The van der Waals surface area contributed by atoms with Crippen LogP contribution in [-0.2, 0) is 22.5 Å². The smallest absolute Gasteiger partial charge is 2.00 e. The van der Waals surface area contributed by atoms with Gasteiger partial charge in [0, 0.05) is 0 Å². The van der Waals surface area contributed by atoms with Crippen LogP contribution >= 0.6 is 12.4 Å². The van der Waals surface area contributed by atoms with Gasteiger partial charge in [-0.1, -0.05) is 0 Å². The summed E-state index contributed by atoms with van der Waals surface area (Å²) >= 11 is 0. The Kier molecular flexibility index (Phi) is 629. The predicted octanol–water partition coefficient (Wildman–Crippen LogP) is -2.70. The van der Waals surface area contributed by atoms with Crippen molar-refractivity contribution in [3.05, 3.63) is 0 Å². The van der Waals surface area contributed by atoms with E-state index in [2.05, 4.69) is 0 Å². The molecule has 0 aromatic carbocycles. The zero-order chi connectivity index (χ0) is 0.